The molecule has 5 rings (SSSR count). The number of ether oxygens (including phenoxy) is 1. The number of amides is 2. The van der Waals surface area contributed by atoms with E-state index in [1.54, 1.807) is 36.3 Å². The van der Waals surface area contributed by atoms with Crippen LogP contribution in [-0.2, 0) is 10.2 Å². The van der Waals surface area contributed by atoms with Crippen LogP contribution in [0.1, 0.15) is 53.2 Å². The minimum absolute atomic E-state index is 0.134. The van der Waals surface area contributed by atoms with Crippen molar-refractivity contribution in [3.05, 3.63) is 107 Å². The van der Waals surface area contributed by atoms with Gasteiger partial charge >= 0.3 is 0 Å². The molecule has 1 atom stereocenters. The molecule has 0 saturated heterocycles. The molecule has 39 heavy (non-hydrogen) atoms. The molecular formula is C32H30N4O3. The van der Waals surface area contributed by atoms with Gasteiger partial charge in [0.25, 0.3) is 5.91 Å². The molecule has 0 aromatic heterocycles. The molecule has 2 heterocycles. The van der Waals surface area contributed by atoms with Crippen LogP contribution in [0.15, 0.2) is 89.7 Å². The molecule has 1 unspecified atom stereocenters. The number of carbonyl (C=O) groups is 2. The van der Waals surface area contributed by atoms with Crippen LogP contribution in [0.25, 0.3) is 0 Å². The Bertz CT molecular complexity index is 1520. The Hall–Kier alpha value is -4.70. The minimum atomic E-state index is -1.31. The molecule has 0 fully saturated rings. The lowest BCUT2D eigenvalue weighted by Crippen LogP contribution is -2.43. The summed E-state index contributed by atoms with van der Waals surface area (Å²) in [6.45, 7) is 4.61. The zero-order valence-electron chi connectivity index (χ0n) is 22.3. The van der Waals surface area contributed by atoms with Crippen molar-refractivity contribution in [2.45, 2.75) is 38.5 Å². The molecule has 0 radical (unpaired) electrons. The zero-order chi connectivity index (χ0) is 27.6. The van der Waals surface area contributed by atoms with E-state index in [1.807, 2.05) is 55.5 Å². The number of hydrogen-bond donors (Lipinski definition) is 0. The number of nitriles is 1. The average molecular weight is 519 g/mol. The van der Waals surface area contributed by atoms with Crippen molar-refractivity contribution >= 4 is 23.2 Å². The Morgan fingerprint density at radius 1 is 1.10 bits per heavy atom. The number of hydrazone groups is 1. The number of rotatable bonds is 6. The molecule has 0 aliphatic carbocycles. The Morgan fingerprint density at radius 3 is 2.51 bits per heavy atom. The maximum atomic E-state index is 14.5. The van der Waals surface area contributed by atoms with Gasteiger partial charge in [0.2, 0.25) is 5.91 Å². The minimum Gasteiger partial charge on any atom is -0.497 e. The van der Waals surface area contributed by atoms with Crippen LogP contribution >= 0.6 is 0 Å². The fourth-order valence-corrected chi connectivity index (χ4v) is 5.31. The fourth-order valence-electron chi connectivity index (χ4n) is 5.31. The molecule has 0 saturated carbocycles. The zero-order valence-corrected chi connectivity index (χ0v) is 22.3. The van der Waals surface area contributed by atoms with Gasteiger partial charge in [0.15, 0.2) is 0 Å². The van der Waals surface area contributed by atoms with Crippen molar-refractivity contribution < 1.29 is 14.3 Å². The van der Waals surface area contributed by atoms with E-state index in [0.29, 0.717) is 23.6 Å². The number of hydrogen-bond acceptors (Lipinski definition) is 5. The third-order valence-corrected chi connectivity index (χ3v) is 7.39. The van der Waals surface area contributed by atoms with Gasteiger partial charge in [-0.05, 0) is 66.9 Å². The summed E-state index contributed by atoms with van der Waals surface area (Å²) in [7, 11) is 1.60. The highest BCUT2D eigenvalue weighted by Crippen LogP contribution is 2.50. The van der Waals surface area contributed by atoms with Crippen LogP contribution in [0.4, 0.5) is 5.69 Å². The molecule has 7 heteroatoms. The van der Waals surface area contributed by atoms with Crippen molar-refractivity contribution in [3.63, 3.8) is 0 Å². The second-order valence-corrected chi connectivity index (χ2v) is 9.86. The molecule has 7 nitrogen and oxygen atoms in total. The number of anilines is 1. The standard InChI is InChI=1S/C32H30N4O3/c1-4-5-17-35-29-16-11-22(2)18-27(29)32(31(35)38)19-28(23-12-14-26(39-3)15-13-23)34-36(21-25(32)20-33)30(37)24-9-7-6-8-10-24/h6-16,18,21H,4-5,17,19H2,1-3H3. The predicted octanol–water partition coefficient (Wildman–Crippen LogP) is 5.75. The summed E-state index contributed by atoms with van der Waals surface area (Å²) in [6, 6.07) is 24.4. The van der Waals surface area contributed by atoms with Crippen molar-refractivity contribution in [1.29, 1.82) is 5.26 Å². The second-order valence-electron chi connectivity index (χ2n) is 9.86. The predicted molar refractivity (Wildman–Crippen MR) is 151 cm³/mol. The summed E-state index contributed by atoms with van der Waals surface area (Å²) < 4.78 is 5.34. The van der Waals surface area contributed by atoms with E-state index in [9.17, 15) is 14.9 Å². The second kappa shape index (κ2) is 10.6. The largest absolute Gasteiger partial charge is 0.497 e. The summed E-state index contributed by atoms with van der Waals surface area (Å²) in [5, 5.41) is 16.5. The smallest absolute Gasteiger partial charge is 0.278 e. The number of aryl methyl sites for hydroxylation is 1. The van der Waals surface area contributed by atoms with Gasteiger partial charge in [0.05, 0.1) is 24.5 Å². The van der Waals surface area contributed by atoms with Crippen LogP contribution in [0.3, 0.4) is 0 Å². The highest BCUT2D eigenvalue weighted by molar-refractivity contribution is 6.16. The molecule has 3 aromatic rings. The number of fused-ring (bicyclic) bond motifs is 2. The lowest BCUT2D eigenvalue weighted by atomic mass is 9.71. The summed E-state index contributed by atoms with van der Waals surface area (Å²) in [5.41, 5.74) is 3.13. The Labute approximate surface area is 228 Å². The fraction of sp³-hybridized carbons (Fsp3) is 0.250. The third kappa shape index (κ3) is 4.48. The van der Waals surface area contributed by atoms with E-state index in [-0.39, 0.29) is 23.8 Å². The first-order valence-electron chi connectivity index (χ1n) is 13.1. The molecule has 0 N–H and O–H groups in total. The molecule has 3 aromatic carbocycles. The first kappa shape index (κ1) is 25.9. The number of benzene rings is 3. The van der Waals surface area contributed by atoms with Gasteiger partial charge in [-0.3, -0.25) is 9.59 Å². The molecule has 2 aliphatic heterocycles. The van der Waals surface area contributed by atoms with Gasteiger partial charge < -0.3 is 9.64 Å². The Kier molecular flexibility index (Phi) is 7.03. The molecule has 196 valence electrons. The third-order valence-electron chi connectivity index (χ3n) is 7.39. The monoisotopic (exact) mass is 518 g/mol. The summed E-state index contributed by atoms with van der Waals surface area (Å²) in [4.78, 5) is 29.9. The van der Waals surface area contributed by atoms with Crippen molar-refractivity contribution in [3.8, 4) is 11.8 Å². The van der Waals surface area contributed by atoms with Crippen LogP contribution in [0.5, 0.6) is 5.75 Å². The highest BCUT2D eigenvalue weighted by atomic mass is 16.5. The van der Waals surface area contributed by atoms with Gasteiger partial charge in [-0.15, -0.1) is 0 Å². The lowest BCUT2D eigenvalue weighted by Gasteiger charge is -2.28. The van der Waals surface area contributed by atoms with E-state index < -0.39 is 5.41 Å². The van der Waals surface area contributed by atoms with Crippen LogP contribution in [0, 0.1) is 18.3 Å². The Morgan fingerprint density at radius 2 is 1.85 bits per heavy atom. The van der Waals surface area contributed by atoms with Gasteiger partial charge in [-0.2, -0.15) is 10.4 Å². The SMILES string of the molecule is CCCCN1C(=O)C2(CC(c3ccc(OC)cc3)=NN(C(=O)c3ccccc3)C=C2C#N)c2cc(C)ccc21. The van der Waals surface area contributed by atoms with Gasteiger partial charge in [-0.1, -0.05) is 49.2 Å². The number of carbonyl (C=O) groups excluding carboxylic acids is 2. The average Bonchev–Trinajstić information content (AvgIpc) is 3.09. The van der Waals surface area contributed by atoms with Crippen molar-refractivity contribution in [2.75, 3.05) is 18.6 Å². The summed E-state index contributed by atoms with van der Waals surface area (Å²) in [5.74, 6) is 0.128. The quantitative estimate of drug-likeness (QED) is 0.416. The Balaban J connectivity index is 1.74. The molecule has 1 spiro atoms. The van der Waals surface area contributed by atoms with E-state index in [1.165, 1.54) is 11.2 Å². The first-order valence-corrected chi connectivity index (χ1v) is 13.1. The topological polar surface area (TPSA) is 86.0 Å². The number of methoxy groups -OCH3 is 1. The van der Waals surface area contributed by atoms with Crippen molar-refractivity contribution in [2.24, 2.45) is 5.10 Å². The first-order chi connectivity index (χ1) is 18.9. The summed E-state index contributed by atoms with van der Waals surface area (Å²) in [6.07, 6.45) is 3.34. The van der Waals surface area contributed by atoms with Crippen LogP contribution in [0.2, 0.25) is 0 Å². The van der Waals surface area contributed by atoms with E-state index in [2.05, 4.69) is 13.0 Å². The van der Waals surface area contributed by atoms with Crippen LogP contribution < -0.4 is 9.64 Å². The molecule has 2 amide bonds. The van der Waals surface area contributed by atoms with E-state index in [0.717, 1.165) is 35.2 Å². The number of nitrogens with zero attached hydrogens (tertiary/aromatic N) is 4. The highest BCUT2D eigenvalue weighted by Gasteiger charge is 2.55. The number of unbranched alkanes of at least 4 members (excludes halogenated alkanes) is 1. The van der Waals surface area contributed by atoms with E-state index in [4.69, 9.17) is 9.84 Å². The van der Waals surface area contributed by atoms with E-state index >= 15 is 0 Å². The van der Waals surface area contributed by atoms with Gasteiger partial charge in [0, 0.05) is 30.4 Å². The maximum Gasteiger partial charge on any atom is 0.278 e. The van der Waals surface area contributed by atoms with Crippen LogP contribution in [-0.4, -0.2) is 36.2 Å². The van der Waals surface area contributed by atoms with Gasteiger partial charge in [0.1, 0.15) is 11.2 Å². The molecule has 2 aliphatic rings. The normalized spacial score (nSPS) is 18.3. The molecular weight excluding hydrogens is 488 g/mol. The maximum absolute atomic E-state index is 14.5. The molecule has 0 bridgehead atoms. The summed E-state index contributed by atoms with van der Waals surface area (Å²) >= 11 is 0. The van der Waals surface area contributed by atoms with Crippen molar-refractivity contribution in [1.82, 2.24) is 5.01 Å². The lowest BCUT2D eigenvalue weighted by molar-refractivity contribution is -0.121. The van der Waals surface area contributed by atoms with Gasteiger partial charge in [-0.25, -0.2) is 5.01 Å².